The molecule has 4 nitrogen and oxygen atoms in total. The number of rotatable bonds is 1. The maximum Gasteiger partial charge on any atom is 0.198 e. The minimum absolute atomic E-state index is 0.831. The smallest absolute Gasteiger partial charge is 0.198 e. The van der Waals surface area contributed by atoms with Crippen molar-refractivity contribution in [1.29, 1.82) is 0 Å². The summed E-state index contributed by atoms with van der Waals surface area (Å²) in [5, 5.41) is 3.66. The van der Waals surface area contributed by atoms with Crippen molar-refractivity contribution in [3.8, 4) is 34.1 Å². The van der Waals surface area contributed by atoms with Crippen LogP contribution < -0.4 is 30.6 Å². The number of para-hydroxylation sites is 6. The highest BCUT2D eigenvalue weighted by molar-refractivity contribution is 6.73. The van der Waals surface area contributed by atoms with Crippen LogP contribution in [0.15, 0.2) is 97.1 Å². The van der Waals surface area contributed by atoms with E-state index < -0.39 is 0 Å². The summed E-state index contributed by atoms with van der Waals surface area (Å²) in [5.41, 5.74) is 11.5. The van der Waals surface area contributed by atoms with E-state index in [4.69, 9.17) is 9.47 Å². The van der Waals surface area contributed by atoms with Crippen molar-refractivity contribution in [2.75, 3.05) is 10.2 Å². The summed E-state index contributed by atoms with van der Waals surface area (Å²) in [7, 11) is 0.831. The Balaban J connectivity index is 1.37. The first kappa shape index (κ1) is 19.6. The molecule has 0 fully saturated rings. The third-order valence-corrected chi connectivity index (χ3v) is 7.29. The first-order valence-electron chi connectivity index (χ1n) is 12.2. The van der Waals surface area contributed by atoms with Gasteiger partial charge in [0.1, 0.15) is 0 Å². The molecule has 3 heterocycles. The molecule has 5 heteroatoms. The molecule has 3 aliphatic heterocycles. The Morgan fingerprint density at radius 2 is 1.42 bits per heavy atom. The van der Waals surface area contributed by atoms with Gasteiger partial charge < -0.3 is 19.7 Å². The molecule has 5 aromatic carbocycles. The van der Waals surface area contributed by atoms with Gasteiger partial charge >= 0.3 is 0 Å². The Morgan fingerprint density at radius 3 is 2.36 bits per heavy atom. The molecule has 0 spiro atoms. The average molecular weight is 464 g/mol. The maximum atomic E-state index is 6.32. The first-order valence-corrected chi connectivity index (χ1v) is 12.2. The lowest BCUT2D eigenvalue weighted by Gasteiger charge is -2.39. The SMILES string of the molecule is Cc1cc(-c2cccc3c2Nc2ccccc2O3)c2c(c1)N1c3ccccc3Oc3cccc(c31)B2. The van der Waals surface area contributed by atoms with Gasteiger partial charge in [0.25, 0.3) is 0 Å². The molecule has 36 heavy (non-hydrogen) atoms. The van der Waals surface area contributed by atoms with Gasteiger partial charge in [0.05, 0.1) is 22.7 Å². The van der Waals surface area contributed by atoms with E-state index >= 15 is 0 Å². The van der Waals surface area contributed by atoms with Crippen LogP contribution in [-0.4, -0.2) is 7.28 Å². The fourth-order valence-electron chi connectivity index (χ4n) is 5.76. The number of hydrogen-bond acceptors (Lipinski definition) is 4. The molecule has 170 valence electrons. The Bertz CT molecular complexity index is 1730. The van der Waals surface area contributed by atoms with Gasteiger partial charge in [-0.25, -0.2) is 0 Å². The standard InChI is InChI=1S/C31H21BN2O2/c1-18-16-20(19-8-6-14-27-30(19)33-22-10-2-4-12-25(22)35-27)29-24(17-18)34-23-11-3-5-13-26(23)36-28-15-7-9-21(32-29)31(28)34/h2-17,32-33H,1H3. The van der Waals surface area contributed by atoms with Crippen molar-refractivity contribution in [1.82, 2.24) is 0 Å². The fraction of sp³-hybridized carbons (Fsp3) is 0.0323. The van der Waals surface area contributed by atoms with Crippen molar-refractivity contribution in [2.45, 2.75) is 6.92 Å². The van der Waals surface area contributed by atoms with Crippen LogP contribution in [0.3, 0.4) is 0 Å². The lowest BCUT2D eigenvalue weighted by molar-refractivity contribution is 0.477. The molecule has 0 saturated heterocycles. The van der Waals surface area contributed by atoms with Crippen molar-refractivity contribution in [2.24, 2.45) is 0 Å². The van der Waals surface area contributed by atoms with Gasteiger partial charge in [-0.15, -0.1) is 0 Å². The number of anilines is 5. The predicted molar refractivity (Wildman–Crippen MR) is 148 cm³/mol. The van der Waals surface area contributed by atoms with E-state index in [1.807, 2.05) is 36.4 Å². The molecule has 0 bridgehead atoms. The Kier molecular flexibility index (Phi) is 3.92. The summed E-state index contributed by atoms with van der Waals surface area (Å²) in [4.78, 5) is 2.38. The van der Waals surface area contributed by atoms with E-state index in [0.29, 0.717) is 0 Å². The van der Waals surface area contributed by atoms with E-state index in [2.05, 4.69) is 77.8 Å². The van der Waals surface area contributed by atoms with E-state index in [-0.39, 0.29) is 0 Å². The summed E-state index contributed by atoms with van der Waals surface area (Å²) >= 11 is 0. The second-order valence-electron chi connectivity index (χ2n) is 9.56. The minimum Gasteiger partial charge on any atom is -0.453 e. The zero-order valence-corrected chi connectivity index (χ0v) is 19.7. The van der Waals surface area contributed by atoms with Gasteiger partial charge in [0.2, 0.25) is 0 Å². The van der Waals surface area contributed by atoms with E-state index in [9.17, 15) is 0 Å². The molecule has 5 aromatic rings. The van der Waals surface area contributed by atoms with Gasteiger partial charge in [-0.2, -0.15) is 0 Å². The van der Waals surface area contributed by atoms with Crippen molar-refractivity contribution in [3.05, 3.63) is 103 Å². The van der Waals surface area contributed by atoms with Gasteiger partial charge in [0.15, 0.2) is 30.3 Å². The molecule has 0 unspecified atom stereocenters. The van der Waals surface area contributed by atoms with Gasteiger partial charge in [-0.3, -0.25) is 0 Å². The number of nitrogens with one attached hydrogen (secondary N) is 1. The number of benzene rings is 5. The summed E-state index contributed by atoms with van der Waals surface area (Å²) < 4.78 is 12.6. The third kappa shape index (κ3) is 2.71. The Hall–Kier alpha value is -4.64. The number of nitrogens with zero attached hydrogens (tertiary/aromatic N) is 1. The van der Waals surface area contributed by atoms with Crippen LogP contribution in [0, 0.1) is 6.92 Å². The number of hydrogen-bond donors (Lipinski definition) is 1. The quantitative estimate of drug-likeness (QED) is 0.271. The Labute approximate surface area is 210 Å². The molecule has 8 rings (SSSR count). The molecule has 3 aliphatic rings. The topological polar surface area (TPSA) is 33.7 Å². The predicted octanol–water partition coefficient (Wildman–Crippen LogP) is 6.79. The fourth-order valence-corrected chi connectivity index (χ4v) is 5.76. The number of aryl methyl sites for hydroxylation is 1. The van der Waals surface area contributed by atoms with E-state index in [1.165, 1.54) is 27.7 Å². The van der Waals surface area contributed by atoms with Gasteiger partial charge in [0, 0.05) is 11.3 Å². The van der Waals surface area contributed by atoms with Crippen LogP contribution in [0.1, 0.15) is 5.56 Å². The molecule has 0 aliphatic carbocycles. The molecular formula is C31H21BN2O2. The number of fused-ring (bicyclic) bond motifs is 6. The lowest BCUT2D eigenvalue weighted by Crippen LogP contribution is -2.42. The third-order valence-electron chi connectivity index (χ3n) is 7.29. The van der Waals surface area contributed by atoms with Crippen LogP contribution in [0.25, 0.3) is 11.1 Å². The summed E-state index contributed by atoms with van der Waals surface area (Å²) in [6, 6.07) is 33.7. The van der Waals surface area contributed by atoms with Crippen LogP contribution in [0.5, 0.6) is 23.0 Å². The van der Waals surface area contributed by atoms with Crippen molar-refractivity contribution < 1.29 is 9.47 Å². The molecule has 0 radical (unpaired) electrons. The van der Waals surface area contributed by atoms with E-state index in [0.717, 1.165) is 58.6 Å². The summed E-state index contributed by atoms with van der Waals surface area (Å²) in [5.74, 6) is 3.47. The Morgan fingerprint density at radius 1 is 0.667 bits per heavy atom. The molecule has 0 saturated carbocycles. The zero-order chi connectivity index (χ0) is 23.8. The van der Waals surface area contributed by atoms with E-state index in [1.54, 1.807) is 0 Å². The monoisotopic (exact) mass is 464 g/mol. The summed E-state index contributed by atoms with van der Waals surface area (Å²) in [6.07, 6.45) is 0. The van der Waals surface area contributed by atoms with Crippen LogP contribution in [-0.2, 0) is 0 Å². The first-order chi connectivity index (χ1) is 17.7. The lowest BCUT2D eigenvalue weighted by atomic mass is 9.58. The second-order valence-corrected chi connectivity index (χ2v) is 9.56. The van der Waals surface area contributed by atoms with Crippen molar-refractivity contribution in [3.63, 3.8) is 0 Å². The van der Waals surface area contributed by atoms with Crippen molar-refractivity contribution >= 4 is 46.6 Å². The van der Waals surface area contributed by atoms with Crippen LogP contribution >= 0.6 is 0 Å². The average Bonchev–Trinajstić information content (AvgIpc) is 2.91. The highest BCUT2D eigenvalue weighted by Gasteiger charge is 2.35. The molecule has 0 atom stereocenters. The van der Waals surface area contributed by atoms with Crippen LogP contribution in [0.4, 0.5) is 28.4 Å². The second kappa shape index (κ2) is 7.19. The highest BCUT2D eigenvalue weighted by atomic mass is 16.5. The number of ether oxygens (including phenoxy) is 2. The summed E-state index contributed by atoms with van der Waals surface area (Å²) in [6.45, 7) is 2.17. The minimum atomic E-state index is 0.831. The molecular weight excluding hydrogens is 443 g/mol. The van der Waals surface area contributed by atoms with Crippen LogP contribution in [0.2, 0.25) is 0 Å². The highest BCUT2D eigenvalue weighted by Crippen LogP contribution is 2.52. The molecule has 0 aromatic heterocycles. The molecule has 0 amide bonds. The largest absolute Gasteiger partial charge is 0.453 e. The van der Waals surface area contributed by atoms with Gasteiger partial charge in [-0.1, -0.05) is 60.1 Å². The molecule has 1 N–H and O–H groups in total. The normalized spacial score (nSPS) is 13.4. The maximum absolute atomic E-state index is 6.32. The van der Waals surface area contributed by atoms with Gasteiger partial charge in [-0.05, 0) is 66.0 Å². The zero-order valence-electron chi connectivity index (χ0n) is 19.7.